The number of rotatable bonds is 11. The van der Waals surface area contributed by atoms with Crippen LogP contribution in [0.3, 0.4) is 0 Å². The van der Waals surface area contributed by atoms with Gasteiger partial charge in [0.2, 0.25) is 0 Å². The zero-order valence-electron chi connectivity index (χ0n) is 29.2. The predicted octanol–water partition coefficient (Wildman–Crippen LogP) is 10.3. The Morgan fingerprint density at radius 1 is 1.07 bits per heavy atom. The lowest BCUT2D eigenvalue weighted by molar-refractivity contribution is 0.334. The van der Waals surface area contributed by atoms with Crippen LogP contribution in [-0.4, -0.2) is 50.4 Å². The summed E-state index contributed by atoms with van der Waals surface area (Å²) < 4.78 is 14.9. The maximum Gasteiger partial charge on any atom is 0.135 e. The molecule has 0 aliphatic carbocycles. The van der Waals surface area contributed by atoms with Crippen molar-refractivity contribution in [2.75, 3.05) is 19.6 Å². The minimum Gasteiger partial charge on any atom is -0.357 e. The molecule has 1 saturated heterocycles. The van der Waals surface area contributed by atoms with Crippen LogP contribution in [0.4, 0.5) is 4.39 Å². The highest BCUT2D eigenvalue weighted by atomic mass is 19.1. The summed E-state index contributed by atoms with van der Waals surface area (Å²) in [6.07, 6.45) is 10.9. The predicted molar refractivity (Wildman–Crippen MR) is 196 cm³/mol. The van der Waals surface area contributed by atoms with Crippen LogP contribution in [0.1, 0.15) is 102 Å². The molecule has 0 unspecified atom stereocenters. The molecule has 0 atom stereocenters. The summed E-state index contributed by atoms with van der Waals surface area (Å²) in [5.74, 6) is -0.218. The SMILES string of the molecule is C=C/C=C(/c1cc(F)cc(CCCN2CCCC2)c1)c1cc(-c2n[nH]c3ccc(/C(=C/N=C(C)C)CC)nc23)[nH]c1C.CC.CC. The van der Waals surface area contributed by atoms with Gasteiger partial charge in [0.25, 0.3) is 0 Å². The average Bonchev–Trinajstić information content (AvgIpc) is 3.82. The molecular formula is C39H53FN6. The van der Waals surface area contributed by atoms with Crippen LogP contribution in [0, 0.1) is 12.7 Å². The van der Waals surface area contributed by atoms with Crippen molar-refractivity contribution in [2.24, 2.45) is 4.99 Å². The third-order valence-corrected chi connectivity index (χ3v) is 7.85. The van der Waals surface area contributed by atoms with E-state index in [1.165, 1.54) is 25.9 Å². The van der Waals surface area contributed by atoms with Gasteiger partial charge in [-0.3, -0.25) is 10.1 Å². The van der Waals surface area contributed by atoms with Gasteiger partial charge in [-0.05, 0) is 125 Å². The van der Waals surface area contributed by atoms with E-state index < -0.39 is 0 Å². The number of aromatic amines is 2. The smallest absolute Gasteiger partial charge is 0.135 e. The van der Waals surface area contributed by atoms with E-state index in [-0.39, 0.29) is 5.82 Å². The fourth-order valence-corrected chi connectivity index (χ4v) is 5.70. The number of nitrogens with one attached hydrogen (secondary N) is 2. The maximum absolute atomic E-state index is 14.9. The Bertz CT molecular complexity index is 1660. The van der Waals surface area contributed by atoms with Crippen molar-refractivity contribution in [3.63, 3.8) is 0 Å². The molecule has 0 spiro atoms. The Kier molecular flexibility index (Phi) is 14.3. The highest BCUT2D eigenvalue weighted by Gasteiger charge is 2.18. The van der Waals surface area contributed by atoms with Gasteiger partial charge >= 0.3 is 0 Å². The first-order valence-electron chi connectivity index (χ1n) is 17.0. The van der Waals surface area contributed by atoms with E-state index in [0.29, 0.717) is 0 Å². The van der Waals surface area contributed by atoms with E-state index in [1.54, 1.807) is 18.2 Å². The van der Waals surface area contributed by atoms with Crippen molar-refractivity contribution < 1.29 is 4.39 Å². The molecule has 1 aliphatic heterocycles. The number of likely N-dealkylation sites (tertiary alicyclic amines) is 1. The summed E-state index contributed by atoms with van der Waals surface area (Å²) in [4.78, 5) is 15.5. The van der Waals surface area contributed by atoms with Gasteiger partial charge < -0.3 is 9.88 Å². The topological polar surface area (TPSA) is 73.0 Å². The summed E-state index contributed by atoms with van der Waals surface area (Å²) in [6, 6.07) is 11.5. The molecule has 4 aromatic rings. The molecule has 4 heterocycles. The first-order chi connectivity index (χ1) is 22.4. The number of fused-ring (bicyclic) bond motifs is 1. The molecule has 46 heavy (non-hydrogen) atoms. The Balaban J connectivity index is 0.00000139. The van der Waals surface area contributed by atoms with E-state index >= 15 is 0 Å². The molecule has 1 aromatic carbocycles. The number of hydrogen-bond acceptors (Lipinski definition) is 4. The highest BCUT2D eigenvalue weighted by Crippen LogP contribution is 2.34. The van der Waals surface area contributed by atoms with Gasteiger partial charge in [0.1, 0.15) is 17.0 Å². The summed E-state index contributed by atoms with van der Waals surface area (Å²) in [6.45, 7) is 23.5. The first kappa shape index (κ1) is 36.4. The van der Waals surface area contributed by atoms with Crippen LogP contribution >= 0.6 is 0 Å². The van der Waals surface area contributed by atoms with E-state index in [2.05, 4.69) is 50.7 Å². The molecule has 1 aliphatic rings. The summed E-state index contributed by atoms with van der Waals surface area (Å²) in [5.41, 5.74) is 10.9. The molecule has 0 amide bonds. The second-order valence-corrected chi connectivity index (χ2v) is 11.3. The second kappa shape index (κ2) is 18.1. The number of halogens is 1. The van der Waals surface area contributed by atoms with E-state index in [0.717, 1.165) is 93.2 Å². The molecule has 1 fully saturated rings. The van der Waals surface area contributed by atoms with Gasteiger partial charge in [-0.2, -0.15) is 5.10 Å². The number of aliphatic imine (C=N–C) groups is 1. The van der Waals surface area contributed by atoms with E-state index in [1.807, 2.05) is 72.9 Å². The van der Waals surface area contributed by atoms with E-state index in [4.69, 9.17) is 4.98 Å². The zero-order chi connectivity index (χ0) is 33.6. The fraction of sp³-hybridized carbons (Fsp3) is 0.410. The number of aryl methyl sites for hydroxylation is 2. The minimum atomic E-state index is -0.218. The van der Waals surface area contributed by atoms with Crippen molar-refractivity contribution >= 4 is 27.9 Å². The molecule has 0 saturated carbocycles. The largest absolute Gasteiger partial charge is 0.357 e. The lowest BCUT2D eigenvalue weighted by atomic mass is 9.94. The van der Waals surface area contributed by atoms with Crippen molar-refractivity contribution in [1.29, 1.82) is 0 Å². The molecule has 0 bridgehead atoms. The van der Waals surface area contributed by atoms with E-state index in [9.17, 15) is 4.39 Å². The van der Waals surface area contributed by atoms with Crippen molar-refractivity contribution in [3.8, 4) is 11.4 Å². The van der Waals surface area contributed by atoms with Crippen LogP contribution in [-0.2, 0) is 6.42 Å². The number of H-pyrrole nitrogens is 2. The molecule has 6 nitrogen and oxygen atoms in total. The molecule has 3 aromatic heterocycles. The monoisotopic (exact) mass is 624 g/mol. The Morgan fingerprint density at radius 2 is 1.80 bits per heavy atom. The second-order valence-electron chi connectivity index (χ2n) is 11.3. The summed E-state index contributed by atoms with van der Waals surface area (Å²) in [5, 5.41) is 7.75. The molecule has 5 rings (SSSR count). The maximum atomic E-state index is 14.9. The van der Waals surface area contributed by atoms with Crippen LogP contribution in [0.5, 0.6) is 0 Å². The normalized spacial score (nSPS) is 13.6. The van der Waals surface area contributed by atoms with Crippen LogP contribution in [0.25, 0.3) is 33.6 Å². The summed E-state index contributed by atoms with van der Waals surface area (Å²) >= 11 is 0. The van der Waals surface area contributed by atoms with Gasteiger partial charge in [-0.25, -0.2) is 9.37 Å². The fourth-order valence-electron chi connectivity index (χ4n) is 5.70. The van der Waals surface area contributed by atoms with Gasteiger partial charge in [0, 0.05) is 23.2 Å². The van der Waals surface area contributed by atoms with Crippen molar-refractivity contribution in [1.82, 2.24) is 25.1 Å². The molecule has 0 radical (unpaired) electrons. The summed E-state index contributed by atoms with van der Waals surface area (Å²) in [7, 11) is 0. The Hall–Kier alpha value is -4.10. The lowest BCUT2D eigenvalue weighted by Gasteiger charge is -2.15. The molecular weight excluding hydrogens is 571 g/mol. The van der Waals surface area contributed by atoms with Gasteiger partial charge in [-0.1, -0.05) is 59.4 Å². The number of nitrogens with zero attached hydrogens (tertiary/aromatic N) is 4. The Labute approximate surface area is 275 Å². The standard InChI is InChI=1S/C35H41FN6.2C2H6/c1-6-11-29(27-18-25(19-28(36)20-27)12-10-17-42-15-8-9-16-42)30-21-33(38-24(30)5)35-34-32(40-41-35)14-13-31(39-34)26(7-2)22-37-23(3)4;2*1-2/h6,11,13-14,18-22,38H,1,7-10,12,15-17H2,2-5H3,(H,40,41);2*1-2H3/b26-22+,29-11-;;. The Morgan fingerprint density at radius 3 is 2.48 bits per heavy atom. The number of allylic oxidation sites excluding steroid dienone is 3. The molecule has 7 heteroatoms. The quantitative estimate of drug-likeness (QED) is 0.129. The third-order valence-electron chi connectivity index (χ3n) is 7.85. The first-order valence-corrected chi connectivity index (χ1v) is 17.0. The number of hydrogen-bond donors (Lipinski definition) is 2. The van der Waals surface area contributed by atoms with Gasteiger partial charge in [-0.15, -0.1) is 0 Å². The molecule has 2 N–H and O–H groups in total. The van der Waals surface area contributed by atoms with Gasteiger partial charge in [0.05, 0.1) is 16.9 Å². The minimum absolute atomic E-state index is 0.218. The van der Waals surface area contributed by atoms with Crippen LogP contribution in [0.2, 0.25) is 0 Å². The highest BCUT2D eigenvalue weighted by molar-refractivity contribution is 5.92. The third kappa shape index (κ3) is 9.23. The molecule has 246 valence electrons. The average molecular weight is 625 g/mol. The van der Waals surface area contributed by atoms with Crippen molar-refractivity contribution in [3.05, 3.63) is 95.2 Å². The number of benzene rings is 1. The lowest BCUT2D eigenvalue weighted by Crippen LogP contribution is -2.20. The number of pyridine rings is 1. The zero-order valence-corrected chi connectivity index (χ0v) is 29.2. The van der Waals surface area contributed by atoms with Crippen LogP contribution in [0.15, 0.2) is 66.3 Å². The van der Waals surface area contributed by atoms with Crippen LogP contribution < -0.4 is 0 Å². The van der Waals surface area contributed by atoms with Gasteiger partial charge in [0.15, 0.2) is 0 Å². The van der Waals surface area contributed by atoms with Crippen molar-refractivity contribution in [2.45, 2.75) is 87.5 Å². The number of aromatic nitrogens is 4.